The highest BCUT2D eigenvalue weighted by Crippen LogP contribution is 2.33. The standard InChI is InChI=1S/C18H15F3O3/c1-23-13-5-6-17-15(9-13)16(22)10-14(24-17)8-11-3-2-4-12(7-11)18(19,20)21/h2-7,9,14H,8,10H2,1H3. The third kappa shape index (κ3) is 3.37. The van der Waals surface area contributed by atoms with Crippen LogP contribution >= 0.6 is 0 Å². The summed E-state index contributed by atoms with van der Waals surface area (Å²) in [7, 11) is 1.51. The van der Waals surface area contributed by atoms with E-state index in [0.29, 0.717) is 22.6 Å². The molecule has 0 aliphatic carbocycles. The van der Waals surface area contributed by atoms with E-state index in [1.165, 1.54) is 13.2 Å². The minimum atomic E-state index is -4.39. The van der Waals surface area contributed by atoms with Crippen molar-refractivity contribution in [3.8, 4) is 11.5 Å². The largest absolute Gasteiger partial charge is 0.497 e. The molecule has 0 amide bonds. The highest BCUT2D eigenvalue weighted by molar-refractivity contribution is 6.00. The normalized spacial score (nSPS) is 17.2. The van der Waals surface area contributed by atoms with Crippen LogP contribution in [0.5, 0.6) is 11.5 Å². The van der Waals surface area contributed by atoms with Crippen molar-refractivity contribution in [3.05, 3.63) is 59.2 Å². The lowest BCUT2D eigenvalue weighted by atomic mass is 9.95. The van der Waals surface area contributed by atoms with E-state index in [-0.39, 0.29) is 18.6 Å². The maximum Gasteiger partial charge on any atom is 0.416 e. The number of benzene rings is 2. The minimum absolute atomic E-state index is 0.105. The fourth-order valence-electron chi connectivity index (χ4n) is 2.75. The van der Waals surface area contributed by atoms with Gasteiger partial charge in [0.25, 0.3) is 0 Å². The number of alkyl halides is 3. The van der Waals surface area contributed by atoms with Gasteiger partial charge in [0, 0.05) is 12.8 Å². The molecule has 0 bridgehead atoms. The predicted octanol–water partition coefficient (Wildman–Crippen LogP) is 4.29. The van der Waals surface area contributed by atoms with E-state index < -0.39 is 17.8 Å². The molecule has 2 aromatic rings. The number of methoxy groups -OCH3 is 1. The molecule has 0 N–H and O–H groups in total. The molecule has 126 valence electrons. The first-order valence-corrected chi connectivity index (χ1v) is 7.41. The topological polar surface area (TPSA) is 35.5 Å². The van der Waals surface area contributed by atoms with Crippen LogP contribution < -0.4 is 9.47 Å². The van der Waals surface area contributed by atoms with Crippen molar-refractivity contribution in [1.82, 2.24) is 0 Å². The molecule has 0 spiro atoms. The Labute approximate surface area is 137 Å². The van der Waals surface area contributed by atoms with E-state index in [1.807, 2.05) is 0 Å². The van der Waals surface area contributed by atoms with E-state index >= 15 is 0 Å². The molecule has 1 atom stereocenters. The zero-order valence-corrected chi connectivity index (χ0v) is 12.9. The summed E-state index contributed by atoms with van der Waals surface area (Å²) in [5, 5.41) is 0. The Balaban J connectivity index is 1.79. The lowest BCUT2D eigenvalue weighted by Crippen LogP contribution is -2.29. The van der Waals surface area contributed by atoms with Gasteiger partial charge in [-0.25, -0.2) is 0 Å². The van der Waals surface area contributed by atoms with Gasteiger partial charge in [-0.1, -0.05) is 18.2 Å². The number of rotatable bonds is 3. The van der Waals surface area contributed by atoms with Crippen molar-refractivity contribution < 1.29 is 27.4 Å². The number of Topliss-reactive ketones (excluding diaryl/α,β-unsaturated/α-hetero) is 1. The summed E-state index contributed by atoms with van der Waals surface area (Å²) in [5.74, 6) is 0.887. The quantitative estimate of drug-likeness (QED) is 0.839. The third-order valence-corrected chi connectivity index (χ3v) is 3.91. The molecule has 3 rings (SSSR count). The smallest absolute Gasteiger partial charge is 0.416 e. The molecule has 0 fully saturated rings. The maximum absolute atomic E-state index is 12.8. The highest BCUT2D eigenvalue weighted by Gasteiger charge is 2.31. The Morgan fingerprint density at radius 3 is 2.71 bits per heavy atom. The fourth-order valence-corrected chi connectivity index (χ4v) is 2.75. The van der Waals surface area contributed by atoms with Crippen molar-refractivity contribution in [2.75, 3.05) is 7.11 Å². The summed E-state index contributed by atoms with van der Waals surface area (Å²) >= 11 is 0. The Morgan fingerprint density at radius 2 is 2.00 bits per heavy atom. The molecule has 0 saturated heterocycles. The molecule has 6 heteroatoms. The van der Waals surface area contributed by atoms with Crippen LogP contribution in [0.4, 0.5) is 13.2 Å². The SMILES string of the molecule is COc1ccc2c(c1)C(=O)CC(Cc1cccc(C(F)(F)F)c1)O2. The van der Waals surface area contributed by atoms with Gasteiger partial charge >= 0.3 is 6.18 Å². The molecule has 1 aliphatic heterocycles. The van der Waals surface area contributed by atoms with Crippen molar-refractivity contribution in [3.63, 3.8) is 0 Å². The van der Waals surface area contributed by atoms with Crippen LogP contribution in [0, 0.1) is 0 Å². The van der Waals surface area contributed by atoms with Gasteiger partial charge in [-0.3, -0.25) is 4.79 Å². The van der Waals surface area contributed by atoms with Crippen molar-refractivity contribution in [2.45, 2.75) is 25.1 Å². The Morgan fingerprint density at radius 1 is 1.21 bits per heavy atom. The van der Waals surface area contributed by atoms with Gasteiger partial charge in [-0.05, 0) is 29.8 Å². The Kier molecular flexibility index (Phi) is 4.22. The Bertz CT molecular complexity index is 768. The average molecular weight is 336 g/mol. The zero-order valence-electron chi connectivity index (χ0n) is 12.9. The molecule has 3 nitrogen and oxygen atoms in total. The number of carbonyl (C=O) groups is 1. The van der Waals surface area contributed by atoms with Crippen LogP contribution in [0.1, 0.15) is 27.9 Å². The van der Waals surface area contributed by atoms with Crippen LogP contribution in [0.3, 0.4) is 0 Å². The first kappa shape index (κ1) is 16.4. The number of ketones is 1. The van der Waals surface area contributed by atoms with E-state index in [4.69, 9.17) is 9.47 Å². The minimum Gasteiger partial charge on any atom is -0.497 e. The maximum atomic E-state index is 12.8. The van der Waals surface area contributed by atoms with Crippen LogP contribution in [0.15, 0.2) is 42.5 Å². The van der Waals surface area contributed by atoms with Gasteiger partial charge in [-0.15, -0.1) is 0 Å². The van der Waals surface area contributed by atoms with Crippen molar-refractivity contribution in [2.24, 2.45) is 0 Å². The summed E-state index contributed by atoms with van der Waals surface area (Å²) in [5.41, 5.74) is 0.224. The highest BCUT2D eigenvalue weighted by atomic mass is 19.4. The number of hydrogen-bond donors (Lipinski definition) is 0. The molecule has 1 aliphatic rings. The Hall–Kier alpha value is -2.50. The third-order valence-electron chi connectivity index (χ3n) is 3.91. The number of ether oxygens (including phenoxy) is 2. The van der Waals surface area contributed by atoms with E-state index in [2.05, 4.69) is 0 Å². The number of halogens is 3. The van der Waals surface area contributed by atoms with E-state index in [0.717, 1.165) is 12.1 Å². The summed E-state index contributed by atoms with van der Waals surface area (Å²) < 4.78 is 49.2. The molecule has 0 radical (unpaired) electrons. The van der Waals surface area contributed by atoms with Crippen molar-refractivity contribution in [1.29, 1.82) is 0 Å². The van der Waals surface area contributed by atoms with Gasteiger partial charge in [0.05, 0.1) is 18.2 Å². The number of hydrogen-bond acceptors (Lipinski definition) is 3. The molecule has 0 aromatic heterocycles. The molecular formula is C18H15F3O3. The lowest BCUT2D eigenvalue weighted by molar-refractivity contribution is -0.137. The summed E-state index contributed by atoms with van der Waals surface area (Å²) in [6, 6.07) is 10.0. The molecule has 0 saturated carbocycles. The number of carbonyl (C=O) groups excluding carboxylic acids is 1. The number of fused-ring (bicyclic) bond motifs is 1. The van der Waals surface area contributed by atoms with Gasteiger partial charge in [0.2, 0.25) is 0 Å². The molecule has 1 heterocycles. The average Bonchev–Trinajstić information content (AvgIpc) is 2.54. The first-order valence-electron chi connectivity index (χ1n) is 7.41. The monoisotopic (exact) mass is 336 g/mol. The van der Waals surface area contributed by atoms with Crippen LogP contribution in [0.25, 0.3) is 0 Å². The van der Waals surface area contributed by atoms with E-state index in [1.54, 1.807) is 24.3 Å². The van der Waals surface area contributed by atoms with Crippen LogP contribution in [0.2, 0.25) is 0 Å². The zero-order chi connectivity index (χ0) is 17.3. The van der Waals surface area contributed by atoms with Gasteiger partial charge in [-0.2, -0.15) is 13.2 Å². The molecular weight excluding hydrogens is 321 g/mol. The van der Waals surface area contributed by atoms with Gasteiger partial charge in [0.15, 0.2) is 5.78 Å². The summed E-state index contributed by atoms with van der Waals surface area (Å²) in [6.45, 7) is 0. The predicted molar refractivity (Wildman–Crippen MR) is 81.5 cm³/mol. The second kappa shape index (κ2) is 6.19. The second-order valence-corrected chi connectivity index (χ2v) is 5.63. The molecule has 2 aromatic carbocycles. The van der Waals surface area contributed by atoms with E-state index in [9.17, 15) is 18.0 Å². The molecule has 24 heavy (non-hydrogen) atoms. The van der Waals surface area contributed by atoms with Crippen LogP contribution in [-0.2, 0) is 12.6 Å². The molecule has 1 unspecified atom stereocenters. The first-order chi connectivity index (χ1) is 11.4. The van der Waals surface area contributed by atoms with Crippen molar-refractivity contribution >= 4 is 5.78 Å². The van der Waals surface area contributed by atoms with Crippen LogP contribution in [-0.4, -0.2) is 19.0 Å². The second-order valence-electron chi connectivity index (χ2n) is 5.63. The summed E-state index contributed by atoms with van der Waals surface area (Å²) in [4.78, 5) is 12.3. The van der Waals surface area contributed by atoms with Gasteiger partial charge in [0.1, 0.15) is 17.6 Å². The lowest BCUT2D eigenvalue weighted by Gasteiger charge is -2.25. The fraction of sp³-hybridized carbons (Fsp3) is 0.278. The van der Waals surface area contributed by atoms with Gasteiger partial charge < -0.3 is 9.47 Å². The summed E-state index contributed by atoms with van der Waals surface area (Å²) in [6.07, 6.45) is -4.51.